The van der Waals surface area contributed by atoms with Crippen LogP contribution in [0.5, 0.6) is 0 Å². The van der Waals surface area contributed by atoms with Crippen molar-refractivity contribution >= 4 is 79.0 Å². The van der Waals surface area contributed by atoms with E-state index in [-0.39, 0.29) is 10.8 Å². The highest BCUT2D eigenvalue weighted by Crippen LogP contribution is 2.57. The van der Waals surface area contributed by atoms with Gasteiger partial charge < -0.3 is 14.4 Å². The first-order chi connectivity index (χ1) is 62.3. The van der Waals surface area contributed by atoms with Crippen LogP contribution in [0.4, 0.5) is 34.1 Å². The number of anilines is 6. The minimum Gasteiger partial charge on any atom is -0.310 e. The molecule has 0 radical (unpaired) electrons. The Balaban J connectivity index is 0.968. The van der Waals surface area contributed by atoms with Crippen LogP contribution < -0.4 is 26.2 Å². The van der Waals surface area contributed by atoms with Crippen LogP contribution in [0.1, 0.15) is 90.1 Å². The van der Waals surface area contributed by atoms with E-state index < -0.39 is 12.1 Å². The fourth-order valence-corrected chi connectivity index (χ4v) is 19.7. The third-order valence-corrected chi connectivity index (χ3v) is 26.3. The van der Waals surface area contributed by atoms with Crippen LogP contribution in [0.25, 0.3) is 150 Å². The van der Waals surface area contributed by atoms with Gasteiger partial charge in [0.05, 0.1) is 45.7 Å². The molecule has 18 aromatic carbocycles. The minimum absolute atomic E-state index is 0.178. The van der Waals surface area contributed by atoms with Crippen LogP contribution in [0.15, 0.2) is 406 Å². The van der Waals surface area contributed by atoms with E-state index in [2.05, 4.69) is 471 Å². The third kappa shape index (κ3) is 14.3. The molecular formula is C122H94BN5. The highest BCUT2D eigenvalue weighted by Gasteiger charge is 2.47. The van der Waals surface area contributed by atoms with Crippen LogP contribution in [0, 0.1) is 22.7 Å². The average molecular weight is 1640 g/mol. The first-order valence-corrected chi connectivity index (χ1v) is 44.5. The Morgan fingerprint density at radius 3 is 0.953 bits per heavy atom. The number of hydrogen-bond acceptors (Lipinski definition) is 4. The molecule has 1 aromatic heterocycles. The van der Waals surface area contributed by atoms with Gasteiger partial charge >= 0.3 is 0 Å². The number of nitrogens with zero attached hydrogens (tertiary/aromatic N) is 5. The lowest BCUT2D eigenvalue weighted by Crippen LogP contribution is -2.61. The maximum Gasteiger partial charge on any atom is 0.252 e. The number of aromatic nitrogens is 1. The number of para-hydroxylation sites is 2. The van der Waals surface area contributed by atoms with Crippen LogP contribution in [-0.4, -0.2) is 11.3 Å². The highest BCUT2D eigenvalue weighted by atomic mass is 15.2. The second-order valence-corrected chi connectivity index (χ2v) is 37.4. The van der Waals surface area contributed by atoms with E-state index in [9.17, 15) is 10.5 Å². The Bertz CT molecular complexity index is 7420. The number of nitriles is 2. The Morgan fingerprint density at radius 1 is 0.227 bits per heavy atom. The number of fused-ring (bicyclic) bond motifs is 7. The predicted molar refractivity (Wildman–Crippen MR) is 540 cm³/mol. The predicted octanol–water partition coefficient (Wildman–Crippen LogP) is 30.8. The van der Waals surface area contributed by atoms with Crippen LogP contribution in [0.3, 0.4) is 0 Å². The maximum atomic E-state index is 11.4. The fraction of sp³-hybridized carbons (Fsp3) is 0.0984. The van der Waals surface area contributed by atoms with Crippen molar-refractivity contribution in [3.8, 4) is 140 Å². The van der Waals surface area contributed by atoms with Crippen molar-refractivity contribution in [3.05, 3.63) is 434 Å². The zero-order valence-corrected chi connectivity index (χ0v) is 73.5. The van der Waals surface area contributed by atoms with Crippen molar-refractivity contribution < 1.29 is 0 Å². The molecule has 5 nitrogen and oxygen atoms in total. The fourth-order valence-electron chi connectivity index (χ4n) is 19.7. The molecular weight excluding hydrogens is 1550 g/mol. The van der Waals surface area contributed by atoms with E-state index >= 15 is 0 Å². The van der Waals surface area contributed by atoms with E-state index in [4.69, 9.17) is 0 Å². The van der Waals surface area contributed by atoms with Gasteiger partial charge in [-0.05, 0) is 253 Å². The molecule has 2 aliphatic heterocycles. The van der Waals surface area contributed by atoms with Crippen molar-refractivity contribution in [1.29, 1.82) is 10.5 Å². The maximum absolute atomic E-state index is 11.4. The Hall–Kier alpha value is -15.6. The summed E-state index contributed by atoms with van der Waals surface area (Å²) in [6, 6.07) is 155. The summed E-state index contributed by atoms with van der Waals surface area (Å²) in [5.74, 6) is 0. The normalized spacial score (nSPS) is 12.4. The summed E-state index contributed by atoms with van der Waals surface area (Å²) in [5, 5.41) is 25.1. The molecule has 21 rings (SSSR count). The monoisotopic (exact) mass is 1640 g/mol. The van der Waals surface area contributed by atoms with Crippen molar-refractivity contribution in [3.63, 3.8) is 0 Å². The molecule has 0 saturated carbocycles. The summed E-state index contributed by atoms with van der Waals surface area (Å²) in [5.41, 5.74) is 39.3. The third-order valence-electron chi connectivity index (χ3n) is 26.3. The summed E-state index contributed by atoms with van der Waals surface area (Å²) < 4.78 is 2.48. The van der Waals surface area contributed by atoms with Crippen molar-refractivity contribution in [2.45, 2.75) is 78.6 Å². The van der Waals surface area contributed by atoms with E-state index in [0.29, 0.717) is 11.1 Å². The van der Waals surface area contributed by atoms with Gasteiger partial charge in [-0.15, -0.1) is 0 Å². The van der Waals surface area contributed by atoms with Crippen molar-refractivity contribution in [2.75, 3.05) is 9.80 Å². The van der Waals surface area contributed by atoms with Gasteiger partial charge in [0.1, 0.15) is 0 Å². The van der Waals surface area contributed by atoms with Crippen LogP contribution >= 0.6 is 0 Å². The zero-order valence-electron chi connectivity index (χ0n) is 73.5. The van der Waals surface area contributed by atoms with Crippen LogP contribution in [-0.2, 0) is 16.2 Å². The average Bonchev–Trinajstić information content (AvgIpc) is 0.734. The molecule has 6 heteroatoms. The lowest BCUT2D eigenvalue weighted by Gasteiger charge is -2.46. The lowest BCUT2D eigenvalue weighted by atomic mass is 9.33. The Morgan fingerprint density at radius 2 is 0.562 bits per heavy atom. The molecule has 0 N–H and O–H groups in total. The highest BCUT2D eigenvalue weighted by molar-refractivity contribution is 7.00. The first-order valence-electron chi connectivity index (χ1n) is 44.5. The van der Waals surface area contributed by atoms with Gasteiger partial charge in [0.2, 0.25) is 0 Å². The zero-order chi connectivity index (χ0) is 87.3. The summed E-state index contributed by atoms with van der Waals surface area (Å²) in [6.45, 7) is 20.7. The second kappa shape index (κ2) is 31.9. The molecule has 19 aromatic rings. The van der Waals surface area contributed by atoms with Gasteiger partial charge in [0.25, 0.3) is 6.71 Å². The number of benzene rings is 18. The summed E-state index contributed by atoms with van der Waals surface area (Å²) in [7, 11) is 0. The summed E-state index contributed by atoms with van der Waals surface area (Å²) >= 11 is 0. The van der Waals surface area contributed by atoms with Gasteiger partial charge in [0, 0.05) is 61.5 Å². The number of rotatable bonds is 14. The molecule has 0 aliphatic carbocycles. The summed E-state index contributed by atoms with van der Waals surface area (Å²) in [6.07, 6.45) is 0. The van der Waals surface area contributed by atoms with Gasteiger partial charge in [-0.2, -0.15) is 10.5 Å². The smallest absolute Gasteiger partial charge is 0.252 e. The molecule has 0 fully saturated rings. The van der Waals surface area contributed by atoms with E-state index in [1.165, 1.54) is 21.9 Å². The van der Waals surface area contributed by atoms with Crippen molar-refractivity contribution in [1.82, 2.24) is 4.57 Å². The SMILES string of the molecule is CC(C)(C)c1cc(-c2ccc3c(c2)B2c4ccc(-n5c6ccccc6c6ccccc65)cc4N(c4c(-c5cccc(-c6ccccc6)c5)cc(-c5ccccc5C#N)cc4-c4cccc(-c5ccccc5)c4)c4cc(C(C)(C)C)cc(c42)N3c2c(-c3cccc(-c4ccccc4)c3)cc(-c3ccccc3C#N)cc2-c2cccc(-c3ccccc3)c2)cc(C(C)(C)C)c1. The van der Waals surface area contributed by atoms with Crippen molar-refractivity contribution in [2.24, 2.45) is 0 Å². The molecule has 0 unspecified atom stereocenters. The largest absolute Gasteiger partial charge is 0.310 e. The Labute approximate surface area is 751 Å². The molecule has 0 bridgehead atoms. The van der Waals surface area contributed by atoms with E-state index in [1.54, 1.807) is 0 Å². The van der Waals surface area contributed by atoms with Gasteiger partial charge in [0.15, 0.2) is 0 Å². The van der Waals surface area contributed by atoms with Gasteiger partial charge in [-0.25, -0.2) is 0 Å². The molecule has 3 heterocycles. The minimum atomic E-state index is -0.481. The molecule has 0 spiro atoms. The quantitative estimate of drug-likeness (QED) is 0.102. The first kappa shape index (κ1) is 79.6. The summed E-state index contributed by atoms with van der Waals surface area (Å²) in [4.78, 5) is 5.37. The molecule has 128 heavy (non-hydrogen) atoms. The second-order valence-electron chi connectivity index (χ2n) is 37.4. The standard InChI is InChI=1S/C122H94BN5/c1-120(2,3)97-66-94(67-98(73-97)121(4,5)6)87-58-61-113-110(72-87)123-109-60-59-100(126-111-56-28-26-54-103(111)104-55-27-29-57-112(104)126)76-114(109)128(119-107(90-50-32-46-85(64-90)81-38-18-12-19-39-81)70-96(102-53-25-23-43-93(102)78-125)71-108(119)91-51-33-47-86(65-91)82-40-20-13-21-41-82)116-75-99(122(7,8)9)74-115(117(116)123)127(113)118-105(88-48-30-44-83(62-88)79-34-14-10-15-35-79)68-95(101-52-24-22-42-92(101)77-124)69-106(118)89-49-31-45-84(63-89)80-36-16-11-17-37-80/h10-76H,1-9H3. The van der Waals surface area contributed by atoms with Gasteiger partial charge in [-0.1, -0.05) is 366 Å². The molecule has 0 amide bonds. The van der Waals surface area contributed by atoms with Gasteiger partial charge in [-0.3, -0.25) is 0 Å². The van der Waals surface area contributed by atoms with Crippen LogP contribution in [0.2, 0.25) is 0 Å². The number of hydrogen-bond donors (Lipinski definition) is 0. The Kier molecular flexibility index (Phi) is 19.8. The van der Waals surface area contributed by atoms with E-state index in [1.807, 2.05) is 24.3 Å². The molecule has 0 saturated heterocycles. The van der Waals surface area contributed by atoms with E-state index in [0.717, 1.165) is 195 Å². The lowest BCUT2D eigenvalue weighted by molar-refractivity contribution is 0.569. The molecule has 2 aliphatic rings. The molecule has 0 atom stereocenters. The topological polar surface area (TPSA) is 59.0 Å². The molecule has 610 valence electrons.